The minimum atomic E-state index is -4.77. The second-order valence-electron chi connectivity index (χ2n) is 5.72. The van der Waals surface area contributed by atoms with Crippen molar-refractivity contribution in [1.29, 1.82) is 0 Å². The van der Waals surface area contributed by atoms with E-state index in [1.807, 2.05) is 19.1 Å². The lowest BCUT2D eigenvalue weighted by atomic mass is 10.1. The van der Waals surface area contributed by atoms with Gasteiger partial charge in [-0.1, -0.05) is 31.2 Å². The summed E-state index contributed by atoms with van der Waals surface area (Å²) in [7, 11) is 0. The zero-order chi connectivity index (χ0) is 19.9. The quantitative estimate of drug-likeness (QED) is 0.734. The second-order valence-corrected chi connectivity index (χ2v) is 5.72. The van der Waals surface area contributed by atoms with Crippen molar-refractivity contribution in [2.75, 3.05) is 13.2 Å². The lowest BCUT2D eigenvalue weighted by Gasteiger charge is -2.14. The van der Waals surface area contributed by atoms with E-state index in [1.54, 1.807) is 12.1 Å². The molecule has 2 rings (SSSR count). The van der Waals surface area contributed by atoms with Crippen LogP contribution in [0.2, 0.25) is 0 Å². The van der Waals surface area contributed by atoms with Gasteiger partial charge in [0, 0.05) is 6.54 Å². The van der Waals surface area contributed by atoms with E-state index < -0.39 is 18.4 Å². The number of rotatable bonds is 8. The van der Waals surface area contributed by atoms with Gasteiger partial charge in [-0.25, -0.2) is 0 Å². The summed E-state index contributed by atoms with van der Waals surface area (Å²) in [6, 6.07) is 12.1. The molecule has 1 unspecified atom stereocenters. The molecule has 2 aromatic carbocycles. The Bertz CT molecular complexity index is 730. The number of aliphatic hydroxyl groups is 1. The zero-order valence-corrected chi connectivity index (χ0v) is 14.6. The smallest absolute Gasteiger partial charge is 0.484 e. The summed E-state index contributed by atoms with van der Waals surface area (Å²) in [5, 5.41) is 12.5. The summed E-state index contributed by atoms with van der Waals surface area (Å²) in [5.74, 6) is -0.251. The third-order valence-corrected chi connectivity index (χ3v) is 3.69. The summed E-state index contributed by atoms with van der Waals surface area (Å²) in [6.45, 7) is 1.72. The van der Waals surface area contributed by atoms with Crippen molar-refractivity contribution >= 4 is 5.91 Å². The number of benzene rings is 2. The minimum Gasteiger partial charge on any atom is -0.484 e. The monoisotopic (exact) mass is 383 g/mol. The molecule has 0 aliphatic rings. The first-order valence-electron chi connectivity index (χ1n) is 8.29. The lowest BCUT2D eigenvalue weighted by molar-refractivity contribution is -0.274. The molecule has 5 nitrogen and oxygen atoms in total. The Morgan fingerprint density at radius 1 is 1.07 bits per heavy atom. The Balaban J connectivity index is 1.76. The Morgan fingerprint density at radius 3 is 2.22 bits per heavy atom. The molecule has 146 valence electrons. The molecule has 2 aromatic rings. The fourth-order valence-corrected chi connectivity index (χ4v) is 2.24. The van der Waals surface area contributed by atoms with Crippen LogP contribution in [0, 0.1) is 0 Å². The largest absolute Gasteiger partial charge is 0.573 e. The van der Waals surface area contributed by atoms with E-state index >= 15 is 0 Å². The van der Waals surface area contributed by atoms with Gasteiger partial charge in [0.05, 0.1) is 6.10 Å². The predicted octanol–water partition coefficient (Wildman–Crippen LogP) is 3.38. The van der Waals surface area contributed by atoms with E-state index in [0.29, 0.717) is 11.3 Å². The fourth-order valence-electron chi connectivity index (χ4n) is 2.24. The van der Waals surface area contributed by atoms with Gasteiger partial charge in [0.25, 0.3) is 5.91 Å². The molecule has 0 aliphatic carbocycles. The number of hydrogen-bond acceptors (Lipinski definition) is 4. The Kier molecular flexibility index (Phi) is 7.06. The number of nitrogens with one attached hydrogen (secondary N) is 1. The number of carbonyl (C=O) groups excluding carboxylic acids is 1. The summed E-state index contributed by atoms with van der Waals surface area (Å²) in [4.78, 5) is 11.8. The van der Waals surface area contributed by atoms with Crippen molar-refractivity contribution in [2.45, 2.75) is 25.8 Å². The van der Waals surface area contributed by atoms with Crippen LogP contribution in [0.25, 0.3) is 0 Å². The maximum Gasteiger partial charge on any atom is 0.573 e. The molecule has 8 heteroatoms. The summed E-state index contributed by atoms with van der Waals surface area (Å²) < 4.78 is 45.4. The maximum absolute atomic E-state index is 12.1. The number of ether oxygens (including phenoxy) is 2. The van der Waals surface area contributed by atoms with Crippen LogP contribution in [-0.4, -0.2) is 30.5 Å². The van der Waals surface area contributed by atoms with Crippen LogP contribution in [0.4, 0.5) is 13.2 Å². The molecule has 0 heterocycles. The van der Waals surface area contributed by atoms with Gasteiger partial charge in [0.2, 0.25) is 0 Å². The van der Waals surface area contributed by atoms with Crippen LogP contribution in [0.1, 0.15) is 24.2 Å². The molecule has 0 bridgehead atoms. The Hall–Kier alpha value is -2.74. The summed E-state index contributed by atoms with van der Waals surface area (Å²) >= 11 is 0. The molecular weight excluding hydrogens is 363 g/mol. The number of aryl methyl sites for hydroxylation is 1. The zero-order valence-electron chi connectivity index (χ0n) is 14.6. The van der Waals surface area contributed by atoms with Gasteiger partial charge in [-0.15, -0.1) is 13.2 Å². The van der Waals surface area contributed by atoms with Crippen LogP contribution in [-0.2, 0) is 11.2 Å². The van der Waals surface area contributed by atoms with Crippen molar-refractivity contribution in [2.24, 2.45) is 0 Å². The van der Waals surface area contributed by atoms with Crippen molar-refractivity contribution in [3.63, 3.8) is 0 Å². The number of hydrogen-bond donors (Lipinski definition) is 2. The van der Waals surface area contributed by atoms with Crippen LogP contribution >= 0.6 is 0 Å². The molecule has 0 fully saturated rings. The number of aliphatic hydroxyl groups excluding tert-OH is 1. The van der Waals surface area contributed by atoms with E-state index in [9.17, 15) is 23.1 Å². The number of amides is 1. The number of carbonyl (C=O) groups is 1. The van der Waals surface area contributed by atoms with Gasteiger partial charge in [0.1, 0.15) is 11.5 Å². The van der Waals surface area contributed by atoms with E-state index in [-0.39, 0.29) is 18.9 Å². The SMILES string of the molecule is CCc1ccc(OCC(=O)NCC(O)c2ccc(OC(F)(F)F)cc2)cc1. The van der Waals surface area contributed by atoms with Crippen molar-refractivity contribution < 1.29 is 32.5 Å². The van der Waals surface area contributed by atoms with Crippen LogP contribution < -0.4 is 14.8 Å². The molecule has 0 radical (unpaired) electrons. The average molecular weight is 383 g/mol. The molecule has 0 saturated carbocycles. The highest BCUT2D eigenvalue weighted by atomic mass is 19.4. The maximum atomic E-state index is 12.1. The Morgan fingerprint density at radius 2 is 1.67 bits per heavy atom. The normalized spacial score (nSPS) is 12.3. The third-order valence-electron chi connectivity index (χ3n) is 3.69. The lowest BCUT2D eigenvalue weighted by Crippen LogP contribution is -2.32. The molecule has 1 atom stereocenters. The first-order chi connectivity index (χ1) is 12.8. The van der Waals surface area contributed by atoms with E-state index in [4.69, 9.17) is 4.74 Å². The Labute approximate surface area is 154 Å². The van der Waals surface area contributed by atoms with Gasteiger partial charge in [-0.3, -0.25) is 4.79 Å². The van der Waals surface area contributed by atoms with Crippen LogP contribution in [0.5, 0.6) is 11.5 Å². The van der Waals surface area contributed by atoms with Crippen molar-refractivity contribution in [3.8, 4) is 11.5 Å². The molecule has 0 aromatic heterocycles. The average Bonchev–Trinajstić information content (AvgIpc) is 2.64. The van der Waals surface area contributed by atoms with Crippen LogP contribution in [0.15, 0.2) is 48.5 Å². The topological polar surface area (TPSA) is 67.8 Å². The van der Waals surface area contributed by atoms with Gasteiger partial charge in [-0.05, 0) is 41.8 Å². The highest BCUT2D eigenvalue weighted by molar-refractivity contribution is 5.77. The van der Waals surface area contributed by atoms with Crippen LogP contribution in [0.3, 0.4) is 0 Å². The van der Waals surface area contributed by atoms with Gasteiger partial charge in [-0.2, -0.15) is 0 Å². The molecule has 27 heavy (non-hydrogen) atoms. The molecular formula is C19H20F3NO4. The molecule has 2 N–H and O–H groups in total. The van der Waals surface area contributed by atoms with Gasteiger partial charge < -0.3 is 19.9 Å². The van der Waals surface area contributed by atoms with Crippen molar-refractivity contribution in [3.05, 3.63) is 59.7 Å². The van der Waals surface area contributed by atoms with E-state index in [2.05, 4.69) is 10.1 Å². The molecule has 0 spiro atoms. The second kappa shape index (κ2) is 9.27. The minimum absolute atomic E-state index is 0.101. The standard InChI is InChI=1S/C19H20F3NO4/c1-2-13-3-7-15(8-4-13)26-12-18(25)23-11-17(24)14-5-9-16(10-6-14)27-19(20,21)22/h3-10,17,24H,2,11-12H2,1H3,(H,23,25). The van der Waals surface area contributed by atoms with Gasteiger partial charge >= 0.3 is 6.36 Å². The highest BCUT2D eigenvalue weighted by Gasteiger charge is 2.31. The first-order valence-corrected chi connectivity index (χ1v) is 8.29. The third kappa shape index (κ3) is 7.18. The van der Waals surface area contributed by atoms with Gasteiger partial charge in [0.15, 0.2) is 6.61 Å². The predicted molar refractivity (Wildman–Crippen MR) is 92.4 cm³/mol. The molecule has 1 amide bonds. The van der Waals surface area contributed by atoms with E-state index in [1.165, 1.54) is 12.1 Å². The highest BCUT2D eigenvalue weighted by Crippen LogP contribution is 2.24. The van der Waals surface area contributed by atoms with E-state index in [0.717, 1.165) is 24.1 Å². The number of halogens is 3. The van der Waals surface area contributed by atoms with Crippen molar-refractivity contribution in [1.82, 2.24) is 5.32 Å². The molecule has 0 saturated heterocycles. The summed E-state index contributed by atoms with van der Waals surface area (Å²) in [5.41, 5.74) is 1.50. The number of alkyl halides is 3. The molecule has 0 aliphatic heterocycles. The summed E-state index contributed by atoms with van der Waals surface area (Å²) in [6.07, 6.45) is -4.94. The fraction of sp³-hybridized carbons (Fsp3) is 0.316. The first kappa shape index (κ1) is 20.6.